The van der Waals surface area contributed by atoms with Crippen molar-refractivity contribution in [2.75, 3.05) is 5.32 Å². The average molecular weight is 401 g/mol. The number of hydrogen-bond acceptors (Lipinski definition) is 3. The van der Waals surface area contributed by atoms with E-state index < -0.39 is 0 Å². The van der Waals surface area contributed by atoms with Gasteiger partial charge in [-0.05, 0) is 24.3 Å². The Hall–Kier alpha value is -3.63. The van der Waals surface area contributed by atoms with Crippen LogP contribution in [-0.4, -0.2) is 16.2 Å². The van der Waals surface area contributed by atoms with Crippen molar-refractivity contribution >= 4 is 75.9 Å². The van der Waals surface area contributed by atoms with E-state index in [0.717, 1.165) is 17.2 Å². The van der Waals surface area contributed by atoms with E-state index in [1.165, 1.54) is 47.4 Å². The third-order valence-electron chi connectivity index (χ3n) is 6.53. The molecular weight excluding hydrogens is 386 g/mol. The molecule has 2 aliphatic rings. The lowest BCUT2D eigenvalue weighted by atomic mass is 10.0. The number of rotatable bonds is 0. The summed E-state index contributed by atoms with van der Waals surface area (Å²) in [6.07, 6.45) is 8.44. The highest BCUT2D eigenvalue weighted by atomic mass is 32.1. The fourth-order valence-electron chi connectivity index (χ4n) is 5.31. The zero-order chi connectivity index (χ0) is 19.4. The number of allylic oxidation sites excluding steroid dienone is 2. The Kier molecular flexibility index (Phi) is 2.59. The minimum Gasteiger partial charge on any atom is -0.357 e. The van der Waals surface area contributed by atoms with Crippen LogP contribution in [0.4, 0.5) is 11.5 Å². The molecule has 4 heteroatoms. The van der Waals surface area contributed by atoms with E-state index in [0.29, 0.717) is 0 Å². The van der Waals surface area contributed by atoms with Crippen LogP contribution >= 0.6 is 11.3 Å². The molecular formula is C26H15N3S. The summed E-state index contributed by atoms with van der Waals surface area (Å²) < 4.78 is 5.09. The first-order valence-corrected chi connectivity index (χ1v) is 11.0. The second-order valence-corrected chi connectivity index (χ2v) is 9.15. The number of nitrogens with one attached hydrogen (secondary N) is 1. The van der Waals surface area contributed by atoms with Crippen LogP contribution in [0.3, 0.4) is 0 Å². The largest absolute Gasteiger partial charge is 0.357 e. The molecule has 6 aromatic rings. The van der Waals surface area contributed by atoms with Gasteiger partial charge in [0.25, 0.3) is 0 Å². The first-order valence-electron chi connectivity index (χ1n) is 10.2. The van der Waals surface area contributed by atoms with Crippen molar-refractivity contribution in [2.24, 2.45) is 4.99 Å². The van der Waals surface area contributed by atoms with E-state index in [2.05, 4.69) is 88.6 Å². The Labute approximate surface area is 175 Å². The summed E-state index contributed by atoms with van der Waals surface area (Å²) >= 11 is 1.88. The van der Waals surface area contributed by atoms with Crippen LogP contribution in [0.1, 0.15) is 0 Å². The second-order valence-electron chi connectivity index (χ2n) is 8.07. The zero-order valence-electron chi connectivity index (χ0n) is 15.9. The summed E-state index contributed by atoms with van der Waals surface area (Å²) in [6, 6.07) is 20.1. The predicted octanol–water partition coefficient (Wildman–Crippen LogP) is 7.04. The number of benzene rings is 3. The zero-order valence-corrected chi connectivity index (χ0v) is 16.7. The van der Waals surface area contributed by atoms with Crippen molar-refractivity contribution in [1.82, 2.24) is 4.40 Å². The highest BCUT2D eigenvalue weighted by Gasteiger charge is 2.28. The number of anilines is 1. The maximum atomic E-state index is 5.06. The molecule has 0 spiro atoms. The molecule has 3 aromatic heterocycles. The van der Waals surface area contributed by atoms with E-state index in [4.69, 9.17) is 4.99 Å². The average Bonchev–Trinajstić information content (AvgIpc) is 3.43. The van der Waals surface area contributed by atoms with Crippen LogP contribution in [-0.2, 0) is 0 Å². The topological polar surface area (TPSA) is 28.8 Å². The quantitative estimate of drug-likeness (QED) is 0.290. The van der Waals surface area contributed by atoms with Crippen LogP contribution in [0.5, 0.6) is 0 Å². The lowest BCUT2D eigenvalue weighted by molar-refractivity contribution is 1.09. The standard InChI is InChI=1S/C26H15N3S/c1-4-11-20-14(6-1)23-21(30-20)13-12-19-22(23)15-7-5-8-16-24-26(29(19)25(15)16)28-18-10-3-2-9-17(18)27-24/h1-13,18,28H. The SMILES string of the molecule is C1=CC2=Nc3c(n4c5ccc6sc7ccccc7c6c5c5cccc3c54)NC2C=C1. The van der Waals surface area contributed by atoms with Crippen molar-refractivity contribution in [3.05, 3.63) is 78.9 Å². The third-order valence-corrected chi connectivity index (χ3v) is 7.66. The Bertz CT molecular complexity index is 1780. The van der Waals surface area contributed by atoms with Gasteiger partial charge in [-0.15, -0.1) is 11.3 Å². The van der Waals surface area contributed by atoms with Gasteiger partial charge in [-0.3, -0.25) is 4.40 Å². The van der Waals surface area contributed by atoms with Gasteiger partial charge in [0.15, 0.2) is 0 Å². The molecule has 1 aliphatic carbocycles. The number of aliphatic imine (C=N–C) groups is 1. The Balaban J connectivity index is 1.62. The summed E-state index contributed by atoms with van der Waals surface area (Å²) in [4.78, 5) is 5.06. The molecule has 0 saturated carbocycles. The molecule has 3 nitrogen and oxygen atoms in total. The Morgan fingerprint density at radius 1 is 0.833 bits per heavy atom. The number of nitrogens with zero attached hydrogens (tertiary/aromatic N) is 2. The molecule has 0 saturated heterocycles. The molecule has 30 heavy (non-hydrogen) atoms. The van der Waals surface area contributed by atoms with Crippen molar-refractivity contribution < 1.29 is 0 Å². The van der Waals surface area contributed by atoms with Gasteiger partial charge in [0.2, 0.25) is 0 Å². The molecule has 3 aromatic carbocycles. The van der Waals surface area contributed by atoms with Crippen LogP contribution < -0.4 is 5.32 Å². The molecule has 140 valence electrons. The summed E-state index contributed by atoms with van der Waals surface area (Å²) in [5.41, 5.74) is 4.65. The molecule has 0 bridgehead atoms. The smallest absolute Gasteiger partial charge is 0.138 e. The normalized spacial score (nSPS) is 17.9. The van der Waals surface area contributed by atoms with Crippen molar-refractivity contribution in [3.63, 3.8) is 0 Å². The van der Waals surface area contributed by atoms with Gasteiger partial charge in [0.1, 0.15) is 11.5 Å². The number of fused-ring (bicyclic) bond motifs is 11. The Morgan fingerprint density at radius 3 is 2.73 bits per heavy atom. The summed E-state index contributed by atoms with van der Waals surface area (Å²) in [5, 5.41) is 10.4. The highest BCUT2D eigenvalue weighted by Crippen LogP contribution is 2.49. The monoisotopic (exact) mass is 401 g/mol. The van der Waals surface area contributed by atoms with Crippen LogP contribution in [0, 0.1) is 0 Å². The van der Waals surface area contributed by atoms with Gasteiger partial charge in [-0.25, -0.2) is 4.99 Å². The van der Waals surface area contributed by atoms with Gasteiger partial charge in [-0.2, -0.15) is 0 Å². The minimum absolute atomic E-state index is 0.126. The van der Waals surface area contributed by atoms with Gasteiger partial charge < -0.3 is 5.32 Å². The Morgan fingerprint density at radius 2 is 1.73 bits per heavy atom. The van der Waals surface area contributed by atoms with E-state index >= 15 is 0 Å². The van der Waals surface area contributed by atoms with Crippen LogP contribution in [0.25, 0.3) is 47.4 Å². The third kappa shape index (κ3) is 1.67. The summed E-state index contributed by atoms with van der Waals surface area (Å²) in [6.45, 7) is 0. The molecule has 1 atom stereocenters. The first-order chi connectivity index (χ1) is 14.9. The molecule has 0 radical (unpaired) electrons. The number of hydrogen-bond donors (Lipinski definition) is 1. The molecule has 1 aliphatic heterocycles. The molecule has 1 N–H and O–H groups in total. The number of thiophene rings is 1. The van der Waals surface area contributed by atoms with Crippen molar-refractivity contribution in [2.45, 2.75) is 6.04 Å². The van der Waals surface area contributed by atoms with Crippen molar-refractivity contribution in [1.29, 1.82) is 0 Å². The van der Waals surface area contributed by atoms with Gasteiger partial charge in [0, 0.05) is 36.3 Å². The molecule has 1 unspecified atom stereocenters. The molecule has 4 heterocycles. The maximum Gasteiger partial charge on any atom is 0.138 e. The van der Waals surface area contributed by atoms with Crippen LogP contribution in [0.15, 0.2) is 83.9 Å². The fourth-order valence-corrected chi connectivity index (χ4v) is 6.42. The van der Waals surface area contributed by atoms with E-state index in [9.17, 15) is 0 Å². The van der Waals surface area contributed by atoms with Gasteiger partial charge in [-0.1, -0.05) is 54.6 Å². The fraction of sp³-hybridized carbons (Fsp3) is 0.0385. The van der Waals surface area contributed by atoms with E-state index in [-0.39, 0.29) is 6.04 Å². The van der Waals surface area contributed by atoms with Crippen molar-refractivity contribution in [3.8, 4) is 0 Å². The summed E-state index contributed by atoms with van der Waals surface area (Å²) in [7, 11) is 0. The first kappa shape index (κ1) is 15.2. The lowest BCUT2D eigenvalue weighted by Crippen LogP contribution is -2.30. The predicted molar refractivity (Wildman–Crippen MR) is 129 cm³/mol. The molecule has 0 amide bonds. The van der Waals surface area contributed by atoms with Gasteiger partial charge in [0.05, 0.1) is 22.8 Å². The minimum atomic E-state index is 0.126. The highest BCUT2D eigenvalue weighted by molar-refractivity contribution is 7.26. The lowest BCUT2D eigenvalue weighted by Gasteiger charge is -2.23. The van der Waals surface area contributed by atoms with Crippen LogP contribution in [0.2, 0.25) is 0 Å². The van der Waals surface area contributed by atoms with E-state index in [1.54, 1.807) is 0 Å². The molecule has 8 rings (SSSR count). The van der Waals surface area contributed by atoms with Gasteiger partial charge >= 0.3 is 0 Å². The summed E-state index contributed by atoms with van der Waals surface area (Å²) in [5.74, 6) is 1.10. The second kappa shape index (κ2) is 5.10. The number of aromatic nitrogens is 1. The van der Waals surface area contributed by atoms with E-state index in [1.807, 2.05) is 11.3 Å². The molecule has 0 fully saturated rings. The maximum absolute atomic E-state index is 5.06. The number of para-hydroxylation sites is 1.